The summed E-state index contributed by atoms with van der Waals surface area (Å²) in [5, 5.41) is 5.11. The first-order valence-electron chi connectivity index (χ1n) is 13.4. The minimum absolute atomic E-state index is 0.102. The molecule has 1 N–H and O–H groups in total. The molecule has 2 bridgehead atoms. The third kappa shape index (κ3) is 5.33. The fourth-order valence-electron chi connectivity index (χ4n) is 5.89. The highest BCUT2D eigenvalue weighted by atomic mass is 16.5. The first kappa shape index (κ1) is 25.0. The van der Waals surface area contributed by atoms with E-state index in [-0.39, 0.29) is 11.5 Å². The third-order valence-electron chi connectivity index (χ3n) is 7.57. The molecule has 2 aromatic carbocycles. The molecule has 1 amide bonds. The van der Waals surface area contributed by atoms with Crippen LogP contribution in [0.2, 0.25) is 0 Å². The molecule has 6 rings (SSSR count). The average Bonchev–Trinajstić information content (AvgIpc) is 2.95. The first-order chi connectivity index (χ1) is 19.1. The number of rotatable bonds is 7. The maximum Gasteiger partial charge on any atom is 0.272 e. The summed E-state index contributed by atoms with van der Waals surface area (Å²) in [6.45, 7) is 5.93. The van der Waals surface area contributed by atoms with E-state index in [9.17, 15) is 9.59 Å². The zero-order chi connectivity index (χ0) is 26.8. The van der Waals surface area contributed by atoms with Gasteiger partial charge in [0.05, 0.1) is 23.9 Å². The number of piperidine rings is 1. The smallest absolute Gasteiger partial charge is 0.272 e. The maximum atomic E-state index is 12.6. The van der Waals surface area contributed by atoms with Crippen LogP contribution in [-0.4, -0.2) is 46.3 Å². The Balaban J connectivity index is 1.16. The molecule has 8 heteroatoms. The molecule has 1 saturated heterocycles. The largest absolute Gasteiger partial charge is 0.494 e. The van der Waals surface area contributed by atoms with Crippen LogP contribution in [0.5, 0.6) is 5.75 Å². The van der Waals surface area contributed by atoms with Gasteiger partial charge in [0.25, 0.3) is 11.5 Å². The van der Waals surface area contributed by atoms with E-state index < -0.39 is 0 Å². The molecular formula is C31H31N5O3. The number of hydrogen-bond acceptors (Lipinski definition) is 6. The van der Waals surface area contributed by atoms with E-state index in [1.807, 2.05) is 60.0 Å². The van der Waals surface area contributed by atoms with E-state index in [1.54, 1.807) is 18.5 Å². The van der Waals surface area contributed by atoms with E-state index in [0.29, 0.717) is 24.0 Å². The summed E-state index contributed by atoms with van der Waals surface area (Å²) in [7, 11) is 0. The van der Waals surface area contributed by atoms with Crippen molar-refractivity contribution in [1.29, 1.82) is 0 Å². The quantitative estimate of drug-likeness (QED) is 0.291. The number of ether oxygens (including phenoxy) is 1. The zero-order valence-electron chi connectivity index (χ0n) is 21.9. The predicted octanol–water partition coefficient (Wildman–Crippen LogP) is 4.18. The Morgan fingerprint density at radius 3 is 2.90 bits per heavy atom. The molecule has 0 radical (unpaired) electrons. The molecule has 4 heterocycles. The van der Waals surface area contributed by atoms with Gasteiger partial charge in [0.1, 0.15) is 5.75 Å². The summed E-state index contributed by atoms with van der Waals surface area (Å²) in [5.74, 6) is 1.35. The fraction of sp³-hybridized carbons (Fsp3) is 0.290. The van der Waals surface area contributed by atoms with Crippen LogP contribution >= 0.6 is 0 Å². The van der Waals surface area contributed by atoms with Gasteiger partial charge in [0, 0.05) is 61.0 Å². The van der Waals surface area contributed by atoms with Crippen molar-refractivity contribution in [2.75, 3.05) is 19.7 Å². The number of para-hydroxylation sites is 1. The van der Waals surface area contributed by atoms with E-state index in [1.165, 1.54) is 0 Å². The first-order valence-corrected chi connectivity index (χ1v) is 13.4. The number of aromatic nitrogens is 2. The molecule has 2 aliphatic heterocycles. The van der Waals surface area contributed by atoms with Crippen molar-refractivity contribution in [2.24, 2.45) is 11.0 Å². The van der Waals surface area contributed by atoms with Gasteiger partial charge in [-0.15, -0.1) is 0 Å². The minimum Gasteiger partial charge on any atom is -0.494 e. The van der Waals surface area contributed by atoms with Crippen LogP contribution in [0.3, 0.4) is 0 Å². The van der Waals surface area contributed by atoms with Crippen molar-refractivity contribution in [3.63, 3.8) is 0 Å². The molecule has 198 valence electrons. The molecule has 0 spiro atoms. The Labute approximate surface area is 226 Å². The number of benzene rings is 2. The lowest BCUT2D eigenvalue weighted by Crippen LogP contribution is -2.46. The average molecular weight is 522 g/mol. The van der Waals surface area contributed by atoms with Gasteiger partial charge in [0.2, 0.25) is 0 Å². The van der Waals surface area contributed by atoms with Crippen LogP contribution in [0, 0.1) is 5.92 Å². The normalized spacial score (nSPS) is 18.7. The Bertz CT molecular complexity index is 1610. The number of carbonyl (C=O) groups excluding carboxylic acids is 1. The van der Waals surface area contributed by atoms with Crippen molar-refractivity contribution in [3.8, 4) is 5.75 Å². The van der Waals surface area contributed by atoms with Gasteiger partial charge < -0.3 is 9.30 Å². The summed E-state index contributed by atoms with van der Waals surface area (Å²) < 4.78 is 7.90. The number of amides is 1. The lowest BCUT2D eigenvalue weighted by molar-refractivity contribution is 0.0955. The molecule has 8 nitrogen and oxygen atoms in total. The highest BCUT2D eigenvalue weighted by Gasteiger charge is 2.34. The van der Waals surface area contributed by atoms with Gasteiger partial charge in [-0.1, -0.05) is 24.3 Å². The standard InChI is InChI=1S/C31H31N5O3/c1-2-39-29-11-10-21(15-33-34-31(38)24-14-23-6-3-4-7-27(23)32-16-24)12-26(29)20-35-17-22-13-25(19-35)28-8-5-9-30(37)36(28)18-22/h3-12,14-16,22,25H,2,13,17-20H2,1H3,(H,34,38)/b33-15-/t22-,25+/m1/s1. The van der Waals surface area contributed by atoms with Crippen molar-refractivity contribution in [3.05, 3.63) is 106 Å². The maximum absolute atomic E-state index is 12.6. The van der Waals surface area contributed by atoms with Gasteiger partial charge in [-0.05, 0) is 61.2 Å². The molecule has 0 saturated carbocycles. The minimum atomic E-state index is -0.310. The van der Waals surface area contributed by atoms with Crippen LogP contribution in [0.1, 0.15) is 46.4 Å². The van der Waals surface area contributed by atoms with Gasteiger partial charge in [0.15, 0.2) is 0 Å². The summed E-state index contributed by atoms with van der Waals surface area (Å²) >= 11 is 0. The van der Waals surface area contributed by atoms with E-state index >= 15 is 0 Å². The van der Waals surface area contributed by atoms with Gasteiger partial charge in [-0.2, -0.15) is 5.10 Å². The second-order valence-corrected chi connectivity index (χ2v) is 10.3. The van der Waals surface area contributed by atoms with E-state index in [4.69, 9.17) is 4.74 Å². The fourth-order valence-corrected chi connectivity index (χ4v) is 5.89. The Morgan fingerprint density at radius 2 is 2.00 bits per heavy atom. The molecule has 2 aliphatic rings. The number of hydrogen-bond donors (Lipinski definition) is 1. The van der Waals surface area contributed by atoms with Crippen molar-refractivity contribution in [1.82, 2.24) is 19.9 Å². The highest BCUT2D eigenvalue weighted by Crippen LogP contribution is 2.36. The molecule has 0 unspecified atom stereocenters. The van der Waals surface area contributed by atoms with E-state index in [2.05, 4.69) is 32.5 Å². The number of nitrogens with zero attached hydrogens (tertiary/aromatic N) is 4. The number of nitrogens with one attached hydrogen (secondary N) is 1. The van der Waals surface area contributed by atoms with E-state index in [0.717, 1.165) is 66.1 Å². The molecule has 2 aromatic heterocycles. The Kier molecular flexibility index (Phi) is 6.94. The zero-order valence-corrected chi connectivity index (χ0v) is 21.9. The number of carbonyl (C=O) groups is 1. The summed E-state index contributed by atoms with van der Waals surface area (Å²) in [4.78, 5) is 31.8. The second kappa shape index (κ2) is 10.8. The number of pyridine rings is 2. The number of hydrazone groups is 1. The lowest BCUT2D eigenvalue weighted by Gasteiger charge is -2.43. The SMILES string of the molecule is CCOc1ccc(/C=N\NC(=O)c2cnc3ccccc3c2)cc1CN1C[C@H]2C[C@@H](C1)c1cccc(=O)n1C2. The van der Waals surface area contributed by atoms with Gasteiger partial charge in [-0.3, -0.25) is 19.5 Å². The molecule has 0 aliphatic carbocycles. The lowest BCUT2D eigenvalue weighted by atomic mass is 9.83. The van der Waals surface area contributed by atoms with Crippen LogP contribution in [0.15, 0.2) is 82.8 Å². The monoisotopic (exact) mass is 521 g/mol. The van der Waals surface area contributed by atoms with Crippen LogP contribution in [-0.2, 0) is 13.1 Å². The summed E-state index contributed by atoms with van der Waals surface area (Å²) in [5.41, 5.74) is 7.11. The molecule has 4 aromatic rings. The Morgan fingerprint density at radius 1 is 1.10 bits per heavy atom. The van der Waals surface area contributed by atoms with Crippen molar-refractivity contribution < 1.29 is 9.53 Å². The Hall–Kier alpha value is -4.30. The molecule has 39 heavy (non-hydrogen) atoms. The topological polar surface area (TPSA) is 88.8 Å². The molecule has 1 fully saturated rings. The predicted molar refractivity (Wildman–Crippen MR) is 151 cm³/mol. The van der Waals surface area contributed by atoms with Gasteiger partial charge >= 0.3 is 0 Å². The third-order valence-corrected chi connectivity index (χ3v) is 7.57. The summed E-state index contributed by atoms with van der Waals surface area (Å²) in [6, 6.07) is 21.1. The number of likely N-dealkylation sites (tertiary alicyclic amines) is 1. The van der Waals surface area contributed by atoms with Crippen LogP contribution < -0.4 is 15.7 Å². The van der Waals surface area contributed by atoms with Crippen LogP contribution in [0.25, 0.3) is 10.9 Å². The summed E-state index contributed by atoms with van der Waals surface area (Å²) in [6.07, 6.45) is 4.33. The molecular weight excluding hydrogens is 490 g/mol. The van der Waals surface area contributed by atoms with Crippen molar-refractivity contribution >= 4 is 23.0 Å². The van der Waals surface area contributed by atoms with Crippen LogP contribution in [0.4, 0.5) is 0 Å². The van der Waals surface area contributed by atoms with Crippen molar-refractivity contribution in [2.45, 2.75) is 32.4 Å². The van der Waals surface area contributed by atoms with Gasteiger partial charge in [-0.25, -0.2) is 5.43 Å². The number of fused-ring (bicyclic) bond motifs is 5. The highest BCUT2D eigenvalue weighted by molar-refractivity contribution is 5.97. The second-order valence-electron chi connectivity index (χ2n) is 10.3. The molecule has 2 atom stereocenters.